The van der Waals surface area contributed by atoms with Crippen LogP contribution in [-0.4, -0.2) is 41.5 Å². The normalized spacial score (nSPS) is 10.5. The van der Waals surface area contributed by atoms with Gasteiger partial charge in [0.25, 0.3) is 5.69 Å². The largest absolute Gasteiger partial charge is 0.461 e. The van der Waals surface area contributed by atoms with E-state index in [0.717, 1.165) is 5.01 Å². The van der Waals surface area contributed by atoms with Crippen LogP contribution in [0.4, 0.5) is 11.4 Å². The van der Waals surface area contributed by atoms with Gasteiger partial charge < -0.3 is 15.4 Å². The van der Waals surface area contributed by atoms with E-state index in [2.05, 4.69) is 15.6 Å². The number of nitro groups is 1. The van der Waals surface area contributed by atoms with Crippen LogP contribution in [-0.2, 0) is 16.0 Å². The molecular formula is C18H22N4O5S. The van der Waals surface area contributed by atoms with Gasteiger partial charge in [0.15, 0.2) is 5.69 Å². The number of thiazole rings is 1. The fourth-order valence-corrected chi connectivity index (χ4v) is 3.14. The fraction of sp³-hybridized carbons (Fsp3) is 0.389. The highest BCUT2D eigenvalue weighted by Gasteiger charge is 2.14. The highest BCUT2D eigenvalue weighted by atomic mass is 32.1. The van der Waals surface area contributed by atoms with E-state index in [9.17, 15) is 19.7 Å². The number of nitrogens with zero attached hydrogens (tertiary/aromatic N) is 2. The number of nitro benzene ring substituents is 1. The SMILES string of the molecule is CCOC(=O)c1csc(CCNCCCC(=O)Nc2ccccc2[N+](=O)[O-])n1. The fourth-order valence-electron chi connectivity index (χ4n) is 2.37. The Morgan fingerprint density at radius 1 is 1.29 bits per heavy atom. The van der Waals surface area contributed by atoms with Gasteiger partial charge in [-0.25, -0.2) is 9.78 Å². The molecule has 2 N–H and O–H groups in total. The number of ether oxygens (including phenoxy) is 1. The second kappa shape index (κ2) is 11.1. The van der Waals surface area contributed by atoms with Crippen LogP contribution in [0.15, 0.2) is 29.6 Å². The zero-order chi connectivity index (χ0) is 20.4. The average molecular weight is 406 g/mol. The summed E-state index contributed by atoms with van der Waals surface area (Å²) in [7, 11) is 0. The van der Waals surface area contributed by atoms with Crippen molar-refractivity contribution in [1.29, 1.82) is 0 Å². The van der Waals surface area contributed by atoms with Crippen molar-refractivity contribution in [2.75, 3.05) is 25.0 Å². The van der Waals surface area contributed by atoms with Gasteiger partial charge >= 0.3 is 5.97 Å². The van der Waals surface area contributed by atoms with Crippen molar-refractivity contribution in [2.45, 2.75) is 26.2 Å². The molecule has 0 saturated carbocycles. The monoisotopic (exact) mass is 406 g/mol. The number of amides is 1. The predicted molar refractivity (Wildman–Crippen MR) is 106 cm³/mol. The molecule has 0 spiro atoms. The summed E-state index contributed by atoms with van der Waals surface area (Å²) in [5.41, 5.74) is 0.403. The number of hydrogen-bond donors (Lipinski definition) is 2. The second-order valence-corrected chi connectivity index (χ2v) is 6.72. The molecule has 0 aliphatic carbocycles. The van der Waals surface area contributed by atoms with Gasteiger partial charge in [-0.15, -0.1) is 11.3 Å². The van der Waals surface area contributed by atoms with E-state index in [1.807, 2.05) is 0 Å². The Bertz CT molecular complexity index is 824. The van der Waals surface area contributed by atoms with Crippen LogP contribution >= 0.6 is 11.3 Å². The van der Waals surface area contributed by atoms with E-state index >= 15 is 0 Å². The van der Waals surface area contributed by atoms with Crippen molar-refractivity contribution in [3.05, 3.63) is 50.5 Å². The molecule has 1 heterocycles. The lowest BCUT2D eigenvalue weighted by atomic mass is 10.2. The van der Waals surface area contributed by atoms with E-state index in [1.165, 1.54) is 23.5 Å². The summed E-state index contributed by atoms with van der Waals surface area (Å²) in [6.45, 7) is 3.36. The number of aromatic nitrogens is 1. The molecule has 28 heavy (non-hydrogen) atoms. The Kier molecular flexibility index (Phi) is 8.50. The Labute approximate surface area is 166 Å². The van der Waals surface area contributed by atoms with Gasteiger partial charge in [0.1, 0.15) is 5.69 Å². The summed E-state index contributed by atoms with van der Waals surface area (Å²) in [5.74, 6) is -0.683. The first-order valence-electron chi connectivity index (χ1n) is 8.86. The molecule has 0 fully saturated rings. The highest BCUT2D eigenvalue weighted by molar-refractivity contribution is 7.09. The van der Waals surface area contributed by atoms with E-state index in [4.69, 9.17) is 4.74 Å². The minimum atomic E-state index is -0.525. The van der Waals surface area contributed by atoms with E-state index in [0.29, 0.717) is 38.2 Å². The average Bonchev–Trinajstić information content (AvgIpc) is 3.14. The third-order valence-electron chi connectivity index (χ3n) is 3.68. The summed E-state index contributed by atoms with van der Waals surface area (Å²) in [6.07, 6.45) is 1.52. The predicted octanol–water partition coefficient (Wildman–Crippen LogP) is 2.78. The minimum Gasteiger partial charge on any atom is -0.461 e. The quantitative estimate of drug-likeness (QED) is 0.254. The zero-order valence-electron chi connectivity index (χ0n) is 15.5. The Morgan fingerprint density at radius 2 is 2.07 bits per heavy atom. The summed E-state index contributed by atoms with van der Waals surface area (Å²) < 4.78 is 4.90. The Hall–Kier alpha value is -2.85. The standard InChI is InChI=1S/C18H22N4O5S/c1-2-27-18(24)14-12-28-17(21-14)9-11-19-10-5-8-16(23)20-13-6-3-4-7-15(13)22(25)26/h3-4,6-7,12,19H,2,5,8-11H2,1H3,(H,20,23). The lowest BCUT2D eigenvalue weighted by Crippen LogP contribution is -2.21. The van der Waals surface area contributed by atoms with Crippen molar-refractivity contribution < 1.29 is 19.2 Å². The molecule has 10 heteroatoms. The van der Waals surface area contributed by atoms with Crippen LogP contribution in [0.5, 0.6) is 0 Å². The Balaban J connectivity index is 1.64. The van der Waals surface area contributed by atoms with Gasteiger partial charge in [-0.1, -0.05) is 12.1 Å². The molecule has 2 rings (SSSR count). The van der Waals surface area contributed by atoms with Crippen LogP contribution in [0.25, 0.3) is 0 Å². The third-order valence-corrected chi connectivity index (χ3v) is 4.59. The van der Waals surface area contributed by atoms with E-state index in [-0.39, 0.29) is 23.7 Å². The van der Waals surface area contributed by atoms with Crippen LogP contribution < -0.4 is 10.6 Å². The lowest BCUT2D eigenvalue weighted by Gasteiger charge is -2.06. The molecule has 1 amide bonds. The smallest absolute Gasteiger partial charge is 0.357 e. The van der Waals surface area contributed by atoms with Gasteiger partial charge in [0, 0.05) is 30.8 Å². The minimum absolute atomic E-state index is 0.125. The van der Waals surface area contributed by atoms with Crippen molar-refractivity contribution in [3.8, 4) is 0 Å². The zero-order valence-corrected chi connectivity index (χ0v) is 16.3. The molecule has 0 bridgehead atoms. The van der Waals surface area contributed by atoms with Gasteiger partial charge in [0.05, 0.1) is 16.5 Å². The maximum Gasteiger partial charge on any atom is 0.357 e. The van der Waals surface area contributed by atoms with Crippen molar-refractivity contribution in [2.24, 2.45) is 0 Å². The number of rotatable bonds is 11. The molecule has 9 nitrogen and oxygen atoms in total. The molecule has 0 atom stereocenters. The highest BCUT2D eigenvalue weighted by Crippen LogP contribution is 2.23. The first-order chi connectivity index (χ1) is 13.5. The first kappa shape index (κ1) is 21.5. The van der Waals surface area contributed by atoms with Crippen molar-refractivity contribution in [1.82, 2.24) is 10.3 Å². The number of anilines is 1. The summed E-state index contributed by atoms with van der Waals surface area (Å²) >= 11 is 1.41. The van der Waals surface area contributed by atoms with E-state index in [1.54, 1.807) is 24.4 Å². The molecule has 0 saturated heterocycles. The van der Waals surface area contributed by atoms with Crippen LogP contribution in [0, 0.1) is 10.1 Å². The van der Waals surface area contributed by atoms with Crippen molar-refractivity contribution in [3.63, 3.8) is 0 Å². The molecule has 1 aromatic heterocycles. The second-order valence-electron chi connectivity index (χ2n) is 5.77. The van der Waals surface area contributed by atoms with Gasteiger partial charge in [0.2, 0.25) is 5.91 Å². The van der Waals surface area contributed by atoms with Crippen LogP contribution in [0.3, 0.4) is 0 Å². The number of carbonyl (C=O) groups is 2. The van der Waals surface area contributed by atoms with Crippen molar-refractivity contribution >= 4 is 34.6 Å². The number of para-hydroxylation sites is 2. The molecular weight excluding hydrogens is 384 g/mol. The number of carbonyl (C=O) groups excluding carboxylic acids is 2. The number of benzene rings is 1. The lowest BCUT2D eigenvalue weighted by molar-refractivity contribution is -0.383. The van der Waals surface area contributed by atoms with Crippen LogP contribution in [0.1, 0.15) is 35.3 Å². The topological polar surface area (TPSA) is 123 Å². The summed E-state index contributed by atoms with van der Waals surface area (Å²) in [6, 6.07) is 6.04. The number of esters is 1. The number of hydrogen-bond acceptors (Lipinski definition) is 8. The van der Waals surface area contributed by atoms with Gasteiger partial charge in [-0.2, -0.15) is 0 Å². The maximum absolute atomic E-state index is 11.9. The summed E-state index contributed by atoms with van der Waals surface area (Å²) in [5, 5.41) is 19.2. The third kappa shape index (κ3) is 6.71. The molecule has 0 unspecified atom stereocenters. The molecule has 150 valence electrons. The molecule has 0 aliphatic rings. The molecule has 0 aliphatic heterocycles. The molecule has 0 radical (unpaired) electrons. The van der Waals surface area contributed by atoms with E-state index < -0.39 is 10.9 Å². The first-order valence-corrected chi connectivity index (χ1v) is 9.74. The maximum atomic E-state index is 11.9. The molecule has 1 aromatic carbocycles. The van der Waals surface area contributed by atoms with Gasteiger partial charge in [-0.05, 0) is 26.0 Å². The van der Waals surface area contributed by atoms with Crippen LogP contribution in [0.2, 0.25) is 0 Å². The molecule has 2 aromatic rings. The summed E-state index contributed by atoms with van der Waals surface area (Å²) in [4.78, 5) is 38.1. The Morgan fingerprint density at radius 3 is 2.82 bits per heavy atom. The van der Waals surface area contributed by atoms with Gasteiger partial charge in [-0.3, -0.25) is 14.9 Å². The number of nitrogens with one attached hydrogen (secondary N) is 2.